The average molecular weight is 205 g/mol. The van der Waals surface area contributed by atoms with Gasteiger partial charge in [0.25, 0.3) is 0 Å². The Morgan fingerprint density at radius 3 is 2.87 bits per heavy atom. The minimum absolute atomic E-state index is 0.244. The van der Waals surface area contributed by atoms with E-state index in [2.05, 4.69) is 25.1 Å². The molecule has 1 aliphatic carbocycles. The monoisotopic (exact) mass is 205 g/mol. The minimum atomic E-state index is 0.244. The first kappa shape index (κ1) is 10.5. The van der Waals surface area contributed by atoms with Gasteiger partial charge in [-0.2, -0.15) is 0 Å². The zero-order valence-electron chi connectivity index (χ0n) is 9.49. The van der Waals surface area contributed by atoms with Gasteiger partial charge >= 0.3 is 0 Å². The van der Waals surface area contributed by atoms with E-state index in [-0.39, 0.29) is 5.41 Å². The molecule has 2 unspecified atom stereocenters. The van der Waals surface area contributed by atoms with Crippen molar-refractivity contribution in [2.45, 2.75) is 37.6 Å². The van der Waals surface area contributed by atoms with E-state index >= 15 is 0 Å². The smallest absolute Gasteiger partial charge is 0.119 e. The zero-order chi connectivity index (χ0) is 10.9. The lowest BCUT2D eigenvalue weighted by molar-refractivity contribution is 0.410. The van der Waals surface area contributed by atoms with E-state index in [1.165, 1.54) is 12.0 Å². The summed E-state index contributed by atoms with van der Waals surface area (Å²) in [6.45, 7) is 2.30. The number of methoxy groups -OCH3 is 1. The zero-order valence-corrected chi connectivity index (χ0v) is 9.49. The summed E-state index contributed by atoms with van der Waals surface area (Å²) in [5, 5.41) is 0. The third kappa shape index (κ3) is 2.00. The molecule has 15 heavy (non-hydrogen) atoms. The average Bonchev–Trinajstić information content (AvgIpc) is 2.60. The Morgan fingerprint density at radius 2 is 2.27 bits per heavy atom. The van der Waals surface area contributed by atoms with Crippen molar-refractivity contribution in [2.24, 2.45) is 5.73 Å². The molecule has 0 aliphatic heterocycles. The van der Waals surface area contributed by atoms with Crippen LogP contribution in [0.3, 0.4) is 0 Å². The maximum atomic E-state index is 5.99. The van der Waals surface area contributed by atoms with Gasteiger partial charge in [0.15, 0.2) is 0 Å². The number of rotatable bonds is 2. The van der Waals surface area contributed by atoms with Crippen molar-refractivity contribution >= 4 is 0 Å². The fourth-order valence-corrected chi connectivity index (χ4v) is 2.55. The van der Waals surface area contributed by atoms with Crippen molar-refractivity contribution in [2.75, 3.05) is 7.11 Å². The number of hydrogen-bond donors (Lipinski definition) is 1. The molecule has 82 valence electrons. The van der Waals surface area contributed by atoms with Crippen molar-refractivity contribution in [1.82, 2.24) is 0 Å². The largest absolute Gasteiger partial charge is 0.497 e. The molecule has 0 saturated heterocycles. The van der Waals surface area contributed by atoms with E-state index in [0.717, 1.165) is 18.6 Å². The molecule has 1 aromatic carbocycles. The molecule has 2 atom stereocenters. The number of nitrogens with two attached hydrogens (primary N) is 1. The number of benzene rings is 1. The summed E-state index contributed by atoms with van der Waals surface area (Å²) >= 11 is 0. The molecule has 0 heterocycles. The summed E-state index contributed by atoms with van der Waals surface area (Å²) < 4.78 is 5.25. The van der Waals surface area contributed by atoms with Crippen LogP contribution < -0.4 is 10.5 Å². The van der Waals surface area contributed by atoms with Crippen LogP contribution in [0.2, 0.25) is 0 Å². The maximum absolute atomic E-state index is 5.99. The summed E-state index contributed by atoms with van der Waals surface area (Å²) in [6.07, 6.45) is 3.40. The first-order valence-corrected chi connectivity index (χ1v) is 5.54. The Kier molecular flexibility index (Phi) is 2.70. The van der Waals surface area contributed by atoms with Crippen LogP contribution in [-0.2, 0) is 5.41 Å². The van der Waals surface area contributed by atoms with E-state index in [1.807, 2.05) is 6.07 Å². The van der Waals surface area contributed by atoms with E-state index in [9.17, 15) is 0 Å². The van der Waals surface area contributed by atoms with Crippen LogP contribution in [-0.4, -0.2) is 13.2 Å². The molecular formula is C13H19NO. The van der Waals surface area contributed by atoms with E-state index in [1.54, 1.807) is 7.11 Å². The number of ether oxygens (including phenoxy) is 1. The number of hydrogen-bond acceptors (Lipinski definition) is 2. The van der Waals surface area contributed by atoms with Crippen LogP contribution in [0.4, 0.5) is 0 Å². The third-order valence-electron chi connectivity index (χ3n) is 3.55. The molecule has 2 nitrogen and oxygen atoms in total. The van der Waals surface area contributed by atoms with Gasteiger partial charge in [0.05, 0.1) is 7.11 Å². The van der Waals surface area contributed by atoms with E-state index < -0.39 is 0 Å². The second-order valence-corrected chi connectivity index (χ2v) is 4.80. The highest BCUT2D eigenvalue weighted by atomic mass is 16.5. The topological polar surface area (TPSA) is 35.2 Å². The Bertz CT molecular complexity index is 350. The molecule has 0 spiro atoms. The van der Waals surface area contributed by atoms with Crippen molar-refractivity contribution in [1.29, 1.82) is 0 Å². The summed E-state index contributed by atoms with van der Waals surface area (Å²) in [6, 6.07) is 8.73. The quantitative estimate of drug-likeness (QED) is 0.805. The fourth-order valence-electron chi connectivity index (χ4n) is 2.55. The normalized spacial score (nSPS) is 30.5. The molecule has 1 aliphatic rings. The van der Waals surface area contributed by atoms with Gasteiger partial charge in [0.2, 0.25) is 0 Å². The van der Waals surface area contributed by atoms with Crippen LogP contribution in [0.5, 0.6) is 5.75 Å². The Morgan fingerprint density at radius 1 is 1.47 bits per heavy atom. The molecule has 0 aromatic heterocycles. The Labute approximate surface area is 91.4 Å². The summed E-state index contributed by atoms with van der Waals surface area (Å²) in [5.74, 6) is 0.939. The van der Waals surface area contributed by atoms with Crippen LogP contribution >= 0.6 is 0 Å². The highest BCUT2D eigenvalue weighted by Gasteiger charge is 2.34. The van der Waals surface area contributed by atoms with E-state index in [4.69, 9.17) is 10.5 Å². The summed E-state index contributed by atoms with van der Waals surface area (Å²) in [7, 11) is 1.71. The van der Waals surface area contributed by atoms with Crippen molar-refractivity contribution in [3.8, 4) is 5.75 Å². The standard InChI is InChI=1S/C13H19NO/c1-13(7-6-11(14)9-13)10-4-3-5-12(8-10)15-2/h3-5,8,11H,6-7,9,14H2,1-2H3. The van der Waals surface area contributed by atoms with Crippen LogP contribution in [0.25, 0.3) is 0 Å². The lowest BCUT2D eigenvalue weighted by atomic mass is 9.81. The van der Waals surface area contributed by atoms with Gasteiger partial charge in [0, 0.05) is 6.04 Å². The van der Waals surface area contributed by atoms with Gasteiger partial charge in [-0.25, -0.2) is 0 Å². The molecule has 1 aromatic rings. The van der Waals surface area contributed by atoms with Crippen LogP contribution in [0.1, 0.15) is 31.7 Å². The third-order valence-corrected chi connectivity index (χ3v) is 3.55. The van der Waals surface area contributed by atoms with Crippen molar-refractivity contribution in [3.63, 3.8) is 0 Å². The predicted molar refractivity (Wildman–Crippen MR) is 62.2 cm³/mol. The molecule has 2 rings (SSSR count). The van der Waals surface area contributed by atoms with Gasteiger partial charge < -0.3 is 10.5 Å². The first-order valence-electron chi connectivity index (χ1n) is 5.54. The lowest BCUT2D eigenvalue weighted by Crippen LogP contribution is -2.22. The molecule has 1 saturated carbocycles. The Balaban J connectivity index is 2.28. The van der Waals surface area contributed by atoms with Gasteiger partial charge in [-0.1, -0.05) is 19.1 Å². The highest BCUT2D eigenvalue weighted by molar-refractivity contribution is 5.34. The first-order chi connectivity index (χ1) is 7.14. The predicted octanol–water partition coefficient (Wildman–Crippen LogP) is 2.46. The highest BCUT2D eigenvalue weighted by Crippen LogP contribution is 2.40. The van der Waals surface area contributed by atoms with E-state index in [0.29, 0.717) is 6.04 Å². The van der Waals surface area contributed by atoms with Crippen molar-refractivity contribution in [3.05, 3.63) is 29.8 Å². The second kappa shape index (κ2) is 3.86. The van der Waals surface area contributed by atoms with Crippen LogP contribution in [0, 0.1) is 0 Å². The Hall–Kier alpha value is -1.02. The van der Waals surface area contributed by atoms with Gasteiger partial charge in [0.1, 0.15) is 5.75 Å². The summed E-state index contributed by atoms with van der Waals surface area (Å²) in [5.41, 5.74) is 7.59. The van der Waals surface area contributed by atoms with Crippen LogP contribution in [0.15, 0.2) is 24.3 Å². The molecular weight excluding hydrogens is 186 g/mol. The second-order valence-electron chi connectivity index (χ2n) is 4.80. The SMILES string of the molecule is COc1cccc(C2(C)CCC(N)C2)c1. The summed E-state index contributed by atoms with van der Waals surface area (Å²) in [4.78, 5) is 0. The van der Waals surface area contributed by atoms with Gasteiger partial charge in [-0.3, -0.25) is 0 Å². The molecule has 0 bridgehead atoms. The lowest BCUT2D eigenvalue weighted by Gasteiger charge is -2.24. The molecule has 0 radical (unpaired) electrons. The maximum Gasteiger partial charge on any atom is 0.119 e. The van der Waals surface area contributed by atoms with Crippen molar-refractivity contribution < 1.29 is 4.74 Å². The molecule has 2 heteroatoms. The van der Waals surface area contributed by atoms with Gasteiger partial charge in [-0.15, -0.1) is 0 Å². The molecule has 2 N–H and O–H groups in total. The molecule has 0 amide bonds. The van der Waals surface area contributed by atoms with Gasteiger partial charge in [-0.05, 0) is 42.4 Å². The minimum Gasteiger partial charge on any atom is -0.497 e. The molecule has 1 fully saturated rings. The fraction of sp³-hybridized carbons (Fsp3) is 0.538.